The van der Waals surface area contributed by atoms with Crippen LogP contribution in [0.1, 0.15) is 66.1 Å². The number of hydrogen-bond acceptors (Lipinski definition) is 5. The van der Waals surface area contributed by atoms with Crippen LogP contribution in [0.3, 0.4) is 0 Å². The first kappa shape index (κ1) is 22.8. The van der Waals surface area contributed by atoms with Crippen molar-refractivity contribution in [2.24, 2.45) is 0 Å². The van der Waals surface area contributed by atoms with Crippen molar-refractivity contribution < 1.29 is 19.1 Å². The minimum absolute atomic E-state index is 0.143. The SMILES string of the molecule is CCN1C(=O)c2cc(C(=O)NCc3ccccc3OC)nn2CC1(C)C(=O)NC1CCCC1. The van der Waals surface area contributed by atoms with E-state index in [2.05, 4.69) is 15.7 Å². The molecule has 1 aromatic heterocycles. The van der Waals surface area contributed by atoms with E-state index in [1.807, 2.05) is 31.2 Å². The summed E-state index contributed by atoms with van der Waals surface area (Å²) in [5.41, 5.74) is 0.218. The number of carbonyl (C=O) groups excluding carboxylic acids is 3. The maximum absolute atomic E-state index is 13.2. The Morgan fingerprint density at radius 2 is 1.97 bits per heavy atom. The highest BCUT2D eigenvalue weighted by molar-refractivity contribution is 6.01. The molecule has 1 unspecified atom stereocenters. The molecule has 1 saturated carbocycles. The smallest absolute Gasteiger partial charge is 0.273 e. The molecule has 2 aromatic rings. The van der Waals surface area contributed by atoms with E-state index in [-0.39, 0.29) is 36.6 Å². The molecular formula is C24H31N5O4. The summed E-state index contributed by atoms with van der Waals surface area (Å²) in [6.45, 7) is 4.46. The van der Waals surface area contributed by atoms with E-state index >= 15 is 0 Å². The third-order valence-corrected chi connectivity index (χ3v) is 6.66. The van der Waals surface area contributed by atoms with E-state index in [1.165, 1.54) is 10.7 Å². The Morgan fingerprint density at radius 3 is 2.67 bits per heavy atom. The lowest BCUT2D eigenvalue weighted by atomic mass is 9.94. The minimum Gasteiger partial charge on any atom is -0.496 e. The second kappa shape index (κ2) is 9.25. The summed E-state index contributed by atoms with van der Waals surface area (Å²) in [5.74, 6) is -0.187. The van der Waals surface area contributed by atoms with Crippen LogP contribution < -0.4 is 15.4 Å². The molecule has 4 rings (SSSR count). The fourth-order valence-electron chi connectivity index (χ4n) is 4.77. The molecule has 1 aromatic carbocycles. The molecule has 0 radical (unpaired) electrons. The molecule has 33 heavy (non-hydrogen) atoms. The average Bonchev–Trinajstić information content (AvgIpc) is 3.48. The molecular weight excluding hydrogens is 422 g/mol. The van der Waals surface area contributed by atoms with Gasteiger partial charge in [-0.1, -0.05) is 31.0 Å². The molecule has 9 heteroatoms. The number of hydrogen-bond donors (Lipinski definition) is 2. The Kier molecular flexibility index (Phi) is 6.40. The first-order valence-electron chi connectivity index (χ1n) is 11.5. The fraction of sp³-hybridized carbons (Fsp3) is 0.500. The zero-order valence-corrected chi connectivity index (χ0v) is 19.4. The van der Waals surface area contributed by atoms with Gasteiger partial charge in [0.2, 0.25) is 5.91 Å². The van der Waals surface area contributed by atoms with Crippen LogP contribution in [0.4, 0.5) is 0 Å². The lowest BCUT2D eigenvalue weighted by Crippen LogP contribution is -2.64. The summed E-state index contributed by atoms with van der Waals surface area (Å²) in [6, 6.07) is 9.07. The molecule has 1 atom stereocenters. The number of amides is 3. The van der Waals surface area contributed by atoms with Crippen LogP contribution in [0, 0.1) is 0 Å². The maximum atomic E-state index is 13.2. The summed E-state index contributed by atoms with van der Waals surface area (Å²) >= 11 is 0. The number of para-hydroxylation sites is 1. The zero-order valence-electron chi connectivity index (χ0n) is 19.4. The van der Waals surface area contributed by atoms with Crippen LogP contribution in [0.2, 0.25) is 0 Å². The van der Waals surface area contributed by atoms with Crippen molar-refractivity contribution in [1.29, 1.82) is 0 Å². The van der Waals surface area contributed by atoms with Crippen molar-refractivity contribution in [1.82, 2.24) is 25.3 Å². The van der Waals surface area contributed by atoms with Gasteiger partial charge in [-0.3, -0.25) is 19.1 Å². The number of nitrogens with zero attached hydrogens (tertiary/aromatic N) is 3. The molecule has 0 bridgehead atoms. The number of fused-ring (bicyclic) bond motifs is 1. The van der Waals surface area contributed by atoms with Gasteiger partial charge < -0.3 is 20.3 Å². The van der Waals surface area contributed by atoms with Gasteiger partial charge in [-0.25, -0.2) is 0 Å². The summed E-state index contributed by atoms with van der Waals surface area (Å²) in [4.78, 5) is 40.8. The predicted octanol–water partition coefficient (Wildman–Crippen LogP) is 2.11. The first-order valence-corrected chi connectivity index (χ1v) is 11.5. The molecule has 2 N–H and O–H groups in total. The van der Waals surface area contributed by atoms with Gasteiger partial charge in [-0.15, -0.1) is 0 Å². The molecule has 1 aliphatic carbocycles. The van der Waals surface area contributed by atoms with Gasteiger partial charge in [0.15, 0.2) is 5.69 Å². The second-order valence-electron chi connectivity index (χ2n) is 8.85. The molecule has 3 amide bonds. The topological polar surface area (TPSA) is 106 Å². The number of nitrogens with one attached hydrogen (secondary N) is 2. The number of ether oxygens (including phenoxy) is 1. The van der Waals surface area contributed by atoms with E-state index in [0.29, 0.717) is 18.0 Å². The third kappa shape index (κ3) is 4.31. The molecule has 2 heterocycles. The van der Waals surface area contributed by atoms with Crippen LogP contribution in [0.5, 0.6) is 5.75 Å². The van der Waals surface area contributed by atoms with Crippen molar-refractivity contribution >= 4 is 17.7 Å². The predicted molar refractivity (Wildman–Crippen MR) is 122 cm³/mol. The van der Waals surface area contributed by atoms with Crippen LogP contribution in [0.25, 0.3) is 0 Å². The fourth-order valence-corrected chi connectivity index (χ4v) is 4.77. The molecule has 2 aliphatic rings. The molecule has 9 nitrogen and oxygen atoms in total. The summed E-state index contributed by atoms with van der Waals surface area (Å²) in [6.07, 6.45) is 4.14. The van der Waals surface area contributed by atoms with E-state index in [1.54, 1.807) is 18.9 Å². The van der Waals surface area contributed by atoms with Crippen molar-refractivity contribution in [3.8, 4) is 5.75 Å². The molecule has 176 valence electrons. The Labute approximate surface area is 193 Å². The number of aromatic nitrogens is 2. The van der Waals surface area contributed by atoms with Crippen molar-refractivity contribution in [3.05, 3.63) is 47.3 Å². The van der Waals surface area contributed by atoms with Gasteiger partial charge in [0, 0.05) is 30.8 Å². The normalized spacial score (nSPS) is 20.5. The first-order chi connectivity index (χ1) is 15.9. The Bertz CT molecular complexity index is 1060. The summed E-state index contributed by atoms with van der Waals surface area (Å²) in [7, 11) is 1.58. The average molecular weight is 454 g/mol. The number of carbonyl (C=O) groups is 3. The minimum atomic E-state index is -1.07. The molecule has 1 fully saturated rings. The highest BCUT2D eigenvalue weighted by Crippen LogP contribution is 2.28. The highest BCUT2D eigenvalue weighted by Gasteiger charge is 2.48. The Hall–Kier alpha value is -3.36. The van der Waals surface area contributed by atoms with E-state index in [9.17, 15) is 14.4 Å². The lowest BCUT2D eigenvalue weighted by molar-refractivity contribution is -0.133. The van der Waals surface area contributed by atoms with E-state index in [4.69, 9.17) is 4.74 Å². The highest BCUT2D eigenvalue weighted by atomic mass is 16.5. The van der Waals surface area contributed by atoms with Gasteiger partial charge in [0.05, 0.1) is 13.7 Å². The van der Waals surface area contributed by atoms with Crippen molar-refractivity contribution in [3.63, 3.8) is 0 Å². The van der Waals surface area contributed by atoms with Crippen molar-refractivity contribution in [2.75, 3.05) is 13.7 Å². The summed E-state index contributed by atoms with van der Waals surface area (Å²) in [5, 5.41) is 10.3. The molecule has 0 spiro atoms. The van der Waals surface area contributed by atoms with Crippen LogP contribution in [-0.2, 0) is 17.9 Å². The van der Waals surface area contributed by atoms with Gasteiger partial charge in [-0.2, -0.15) is 5.10 Å². The Balaban J connectivity index is 1.52. The number of likely N-dealkylation sites (N-methyl/N-ethyl adjacent to an activating group) is 1. The van der Waals surface area contributed by atoms with Crippen LogP contribution >= 0.6 is 0 Å². The monoisotopic (exact) mass is 453 g/mol. The van der Waals surface area contributed by atoms with E-state index in [0.717, 1.165) is 31.2 Å². The van der Waals surface area contributed by atoms with Gasteiger partial charge in [-0.05, 0) is 32.8 Å². The van der Waals surface area contributed by atoms with Gasteiger partial charge in [0.1, 0.15) is 17.0 Å². The number of methoxy groups -OCH3 is 1. The van der Waals surface area contributed by atoms with Crippen LogP contribution in [-0.4, -0.2) is 57.6 Å². The van der Waals surface area contributed by atoms with Crippen LogP contribution in [0.15, 0.2) is 30.3 Å². The quantitative estimate of drug-likeness (QED) is 0.668. The van der Waals surface area contributed by atoms with E-state index < -0.39 is 11.4 Å². The lowest BCUT2D eigenvalue weighted by Gasteiger charge is -2.43. The third-order valence-electron chi connectivity index (χ3n) is 6.66. The van der Waals surface area contributed by atoms with Gasteiger partial charge >= 0.3 is 0 Å². The zero-order chi connectivity index (χ0) is 23.6. The largest absolute Gasteiger partial charge is 0.496 e. The van der Waals surface area contributed by atoms with Crippen molar-refractivity contribution in [2.45, 2.75) is 64.2 Å². The second-order valence-corrected chi connectivity index (χ2v) is 8.85. The standard InChI is InChI=1S/C24H31N5O4/c1-4-28-22(31)19-13-18(21(30)25-14-16-9-5-8-12-20(16)33-3)27-29(19)15-24(28,2)23(32)26-17-10-6-7-11-17/h5,8-9,12-13,17H,4,6-7,10-11,14-15H2,1-3H3,(H,25,30)(H,26,32). The van der Waals surface area contributed by atoms with Gasteiger partial charge in [0.25, 0.3) is 11.8 Å². The number of benzene rings is 1. The Morgan fingerprint density at radius 1 is 1.24 bits per heavy atom. The maximum Gasteiger partial charge on any atom is 0.273 e. The summed E-state index contributed by atoms with van der Waals surface area (Å²) < 4.78 is 6.81. The molecule has 0 saturated heterocycles. The molecule has 1 aliphatic heterocycles. The number of rotatable bonds is 7.